The topological polar surface area (TPSA) is 227 Å². The van der Waals surface area contributed by atoms with E-state index in [1.807, 2.05) is 32.0 Å². The smallest absolute Gasteiger partial charge is 0.316 e. The fraction of sp³-hybridized carbons (Fsp3) is 0.656. The Labute approximate surface area is 498 Å². The number of aromatic nitrogens is 6. The lowest BCUT2D eigenvalue weighted by molar-refractivity contribution is -0.316. The molecule has 17 heteroatoms. The minimum atomic E-state index is -1.96. The van der Waals surface area contributed by atoms with Gasteiger partial charge in [-0.3, -0.25) is 25.5 Å². The number of hydrogen-bond acceptors (Lipinski definition) is 12. The van der Waals surface area contributed by atoms with Gasteiger partial charge in [0.1, 0.15) is 34.6 Å². The first-order chi connectivity index (χ1) is 37.5. The molecule has 2 fully saturated rings. The highest BCUT2D eigenvalue weighted by Crippen LogP contribution is 2.57. The van der Waals surface area contributed by atoms with E-state index in [9.17, 15) is 30.8 Å². The molecule has 0 aliphatic heterocycles. The highest BCUT2D eigenvalue weighted by Gasteiger charge is 2.55. The van der Waals surface area contributed by atoms with Crippen molar-refractivity contribution in [2.24, 2.45) is 74.9 Å². The van der Waals surface area contributed by atoms with Crippen LogP contribution in [0.2, 0.25) is 0 Å². The number of aliphatic hydroxyl groups is 2. The molecule has 2 aliphatic rings. The molecule has 2 saturated carbocycles. The van der Waals surface area contributed by atoms with Crippen LogP contribution in [0, 0.1) is 114 Å². The number of H-pyrrole nitrogens is 2. The Balaban J connectivity index is 0.000000300. The second kappa shape index (κ2) is 29.0. The minimum absolute atomic E-state index is 0.0948. The van der Waals surface area contributed by atoms with Gasteiger partial charge in [-0.15, -0.1) is 13.2 Å². The predicted molar refractivity (Wildman–Crippen MR) is 328 cm³/mol. The average Bonchev–Trinajstić information content (AvgIpc) is 4.10. The molecule has 2 aromatic carbocycles. The number of aryl methyl sites for hydroxylation is 4. The monoisotopic (exact) mass is 1200 g/mol. The first kappa shape index (κ1) is 69.2. The van der Waals surface area contributed by atoms with Crippen LogP contribution in [-0.2, 0) is 9.78 Å². The maximum absolute atomic E-state index is 10.5. The van der Waals surface area contributed by atoms with Gasteiger partial charge in [-0.05, 0) is 157 Å². The van der Waals surface area contributed by atoms with E-state index in [0.717, 1.165) is 53.5 Å². The van der Waals surface area contributed by atoms with Crippen molar-refractivity contribution in [3.63, 3.8) is 0 Å². The van der Waals surface area contributed by atoms with Crippen LogP contribution in [0.25, 0.3) is 22.8 Å². The zero-order valence-corrected chi connectivity index (χ0v) is 54.2. The Morgan fingerprint density at radius 1 is 0.704 bits per heavy atom. The predicted octanol–water partition coefficient (Wildman–Crippen LogP) is 15.6. The summed E-state index contributed by atoms with van der Waals surface area (Å²) in [5.74, 6) is 2.06. The minimum Gasteiger partial charge on any atom is -0.367 e. The van der Waals surface area contributed by atoms with Crippen molar-refractivity contribution in [3.8, 4) is 28.8 Å². The Morgan fingerprint density at radius 3 is 1.38 bits per heavy atom. The summed E-state index contributed by atoms with van der Waals surface area (Å²) < 4.78 is 0. The van der Waals surface area contributed by atoms with Crippen molar-refractivity contribution in [3.05, 3.63) is 95.6 Å². The maximum atomic E-state index is 10.5. The van der Waals surface area contributed by atoms with Gasteiger partial charge < -0.3 is 15.1 Å². The molecular formula is C64H98BrClN8O7. The van der Waals surface area contributed by atoms with E-state index in [0.29, 0.717) is 60.1 Å². The summed E-state index contributed by atoms with van der Waals surface area (Å²) in [5.41, 5.74) is 6.18. The summed E-state index contributed by atoms with van der Waals surface area (Å²) in [6.07, 6.45) is 4.06. The Morgan fingerprint density at radius 2 is 1.06 bits per heavy atom. The van der Waals surface area contributed by atoms with Gasteiger partial charge in [-0.2, -0.15) is 15.5 Å². The molecule has 0 bridgehead atoms. The second-order valence-corrected chi connectivity index (χ2v) is 29.1. The van der Waals surface area contributed by atoms with Crippen LogP contribution < -0.4 is 0 Å². The van der Waals surface area contributed by atoms with E-state index in [1.54, 1.807) is 12.2 Å². The van der Waals surface area contributed by atoms with Crippen molar-refractivity contribution in [2.75, 3.05) is 13.1 Å². The molecule has 2 heterocycles. The Bertz CT molecular complexity index is 2650. The van der Waals surface area contributed by atoms with Gasteiger partial charge in [0.15, 0.2) is 17.9 Å². The summed E-state index contributed by atoms with van der Waals surface area (Å²) in [6, 6.07) is 14.4. The average molecular weight is 1210 g/mol. The van der Waals surface area contributed by atoms with E-state index in [-0.39, 0.29) is 50.2 Å². The summed E-state index contributed by atoms with van der Waals surface area (Å²) in [7, 11) is 0. The molecule has 1 amide bonds. The quantitative estimate of drug-likeness (QED) is 0.0117. The summed E-state index contributed by atoms with van der Waals surface area (Å²) in [4.78, 5) is 31.9. The van der Waals surface area contributed by atoms with Crippen LogP contribution in [0.5, 0.6) is 0 Å². The van der Waals surface area contributed by atoms with Gasteiger partial charge in [-0.25, -0.2) is 19.7 Å². The van der Waals surface area contributed by atoms with Crippen LogP contribution in [0.1, 0.15) is 167 Å². The van der Waals surface area contributed by atoms with Crippen molar-refractivity contribution >= 4 is 32.9 Å². The highest BCUT2D eigenvalue weighted by atomic mass is 79.9. The number of nitriles is 1. The maximum Gasteiger partial charge on any atom is 0.316 e. The first-order valence-electron chi connectivity index (χ1n) is 28.7. The van der Waals surface area contributed by atoms with Crippen LogP contribution in [0.4, 0.5) is 4.79 Å². The third-order valence-corrected chi connectivity index (χ3v) is 18.4. The largest absolute Gasteiger partial charge is 0.367 e. The fourth-order valence-electron chi connectivity index (χ4n) is 13.0. The van der Waals surface area contributed by atoms with Gasteiger partial charge in [0, 0.05) is 24.2 Å². The number of rotatable bonds is 16. The van der Waals surface area contributed by atoms with Gasteiger partial charge in [-0.1, -0.05) is 160 Å². The number of alkyl halides is 1. The van der Waals surface area contributed by atoms with Crippen LogP contribution in [0.3, 0.4) is 0 Å². The molecule has 0 spiro atoms. The van der Waals surface area contributed by atoms with Gasteiger partial charge >= 0.3 is 5.37 Å². The number of nitrogens with zero attached hydrogens (tertiary/aromatic N) is 6. The molecule has 2 aromatic heterocycles. The molecule has 81 heavy (non-hydrogen) atoms. The number of carbonyl (C=O) groups excluding carboxylic acids is 1. The molecule has 4 aromatic rings. The zero-order chi connectivity index (χ0) is 61.3. The number of aliphatic hydroxyl groups excluding tert-OH is 1. The molecule has 9 atom stereocenters. The van der Waals surface area contributed by atoms with E-state index in [1.165, 1.54) is 10.5 Å². The lowest BCUT2D eigenvalue weighted by Crippen LogP contribution is -2.52. The molecular weight excluding hydrogens is 1110 g/mol. The number of aromatic amines is 2. The Kier molecular flexibility index (Phi) is 24.8. The number of hydrogen-bond donors (Lipinski definition) is 6. The lowest BCUT2D eigenvalue weighted by Gasteiger charge is -2.54. The first-order valence-corrected chi connectivity index (χ1v) is 30.0. The van der Waals surface area contributed by atoms with Crippen molar-refractivity contribution < 1.29 is 35.3 Å². The number of nitrogens with one attached hydrogen (secondary N) is 2. The lowest BCUT2D eigenvalue weighted by atomic mass is 9.52. The standard InChI is InChI=1S/C30H46N4O4.C27H42BrN3O2.C7H10ClNO/c1-16-10-11-18(3)19(12-16)26-32-27(34-33-26)23(20(15-31)28(35)36)25(38-37)24-21(29(4,5)6)13-17(2)14-22(24)30(7,8)9;1-15-10-11-17(3)18(12-15)24-29-25(31-30-24)22(28)23(33-32)21-19(26(4,5)6)13-16(2)14-20(21)27(7,8)9;1-3-5-9(6-4-2)7(8)10/h10-12,17,20-25,28,35-37H,13-14H2,1-9H3,(H,32,33,34);10-12,16,19-23,32H,13-14H2,1-9H3,(H,29,30,31);3-4H,1-2,5-6H2. The number of carbonyl (C=O) groups is 1. The van der Waals surface area contributed by atoms with Gasteiger partial charge in [0.2, 0.25) is 0 Å². The highest BCUT2D eigenvalue weighted by molar-refractivity contribution is 9.09. The fourth-order valence-corrected chi connectivity index (χ4v) is 13.8. The van der Waals surface area contributed by atoms with Gasteiger partial charge in [0.05, 0.1) is 12.0 Å². The third-order valence-electron chi connectivity index (χ3n) is 17.2. The normalized spacial score (nSPS) is 23.6. The molecule has 9 unspecified atom stereocenters. The van der Waals surface area contributed by atoms with Crippen molar-refractivity contribution in [1.82, 2.24) is 35.3 Å². The van der Waals surface area contributed by atoms with E-state index >= 15 is 0 Å². The van der Waals surface area contributed by atoms with E-state index in [2.05, 4.69) is 185 Å². The molecule has 6 rings (SSSR count). The van der Waals surface area contributed by atoms with E-state index < -0.39 is 35.7 Å². The third kappa shape index (κ3) is 17.9. The van der Waals surface area contributed by atoms with Crippen LogP contribution >= 0.6 is 27.5 Å². The van der Waals surface area contributed by atoms with Crippen LogP contribution in [0.15, 0.2) is 61.7 Å². The molecule has 0 saturated heterocycles. The Hall–Kier alpha value is -4.31. The zero-order valence-electron chi connectivity index (χ0n) is 51.8. The molecule has 6 N–H and O–H groups in total. The summed E-state index contributed by atoms with van der Waals surface area (Å²) in [6.45, 7) is 47.7. The molecule has 0 radical (unpaired) electrons. The second-order valence-electron chi connectivity index (χ2n) is 27.8. The van der Waals surface area contributed by atoms with Crippen LogP contribution in [-0.4, -0.2) is 92.9 Å². The molecule has 15 nitrogen and oxygen atoms in total. The van der Waals surface area contributed by atoms with E-state index in [4.69, 9.17) is 31.3 Å². The summed E-state index contributed by atoms with van der Waals surface area (Å²) in [5, 5.41) is 66.1. The number of halogens is 2. The van der Waals surface area contributed by atoms with Crippen molar-refractivity contribution in [2.45, 2.75) is 180 Å². The number of amides is 1. The SMILES string of the molecule is C=CCN(CC=C)C(=O)Cl.Cc1ccc(C)c(-c2n[nH]c(C(Br)C(OO)C3C(C(C)(C)C)CC(C)CC3C(C)(C)C)n2)c1.Cc1ccc(C)c(-c2n[nH]c(C(C(C#N)C(O)O)C(OO)C3C(C(C)(C)C)CC(C)CC3C(C)(C)C)n2)c1. The van der Waals surface area contributed by atoms with Gasteiger partial charge in [0.25, 0.3) is 0 Å². The number of benzene rings is 2. The molecule has 2 aliphatic carbocycles. The van der Waals surface area contributed by atoms with Crippen molar-refractivity contribution in [1.29, 1.82) is 5.26 Å². The summed E-state index contributed by atoms with van der Waals surface area (Å²) >= 11 is 9.04. The molecule has 450 valence electrons.